The lowest BCUT2D eigenvalue weighted by atomic mass is 10.1. The maximum absolute atomic E-state index is 12.7. The predicted molar refractivity (Wildman–Crippen MR) is 115 cm³/mol. The van der Waals surface area contributed by atoms with Gasteiger partial charge in [0.1, 0.15) is 11.6 Å². The van der Waals surface area contributed by atoms with Gasteiger partial charge in [-0.1, -0.05) is 23.7 Å². The summed E-state index contributed by atoms with van der Waals surface area (Å²) >= 11 is 5.97. The molecule has 0 unspecified atom stereocenters. The van der Waals surface area contributed by atoms with E-state index in [1.807, 2.05) is 24.3 Å². The molecular weight excluding hydrogens is 426 g/mol. The number of hydrogen-bond acceptors (Lipinski definition) is 5. The van der Waals surface area contributed by atoms with Crippen molar-refractivity contribution in [1.82, 2.24) is 9.78 Å². The number of rotatable bonds is 6. The second-order valence-corrected chi connectivity index (χ2v) is 9.59. The average Bonchev–Trinajstić information content (AvgIpc) is 3.20. The number of nitrogens with zero attached hydrogens (tertiary/aromatic N) is 2. The van der Waals surface area contributed by atoms with Crippen molar-refractivity contribution in [2.45, 2.75) is 24.3 Å². The molecule has 30 heavy (non-hydrogen) atoms. The van der Waals surface area contributed by atoms with Gasteiger partial charge in [0.25, 0.3) is 0 Å². The number of halogens is 1. The first kappa shape index (κ1) is 20.4. The Morgan fingerprint density at radius 1 is 1.13 bits per heavy atom. The SMILES string of the molecule is COc1ccc(CCC(=O)Nc2c3c(nn2-c2ccc(Cl)cc2)CS(=O)(=O)C3)cc1. The molecule has 0 saturated carbocycles. The highest BCUT2D eigenvalue weighted by Crippen LogP contribution is 2.33. The molecule has 0 atom stereocenters. The van der Waals surface area contributed by atoms with Gasteiger partial charge in [0.2, 0.25) is 5.91 Å². The number of nitrogens with one attached hydrogen (secondary N) is 1. The monoisotopic (exact) mass is 445 g/mol. The van der Waals surface area contributed by atoms with Gasteiger partial charge in [-0.05, 0) is 48.4 Å². The maximum atomic E-state index is 12.7. The molecule has 7 nitrogen and oxygen atoms in total. The van der Waals surface area contributed by atoms with Crippen LogP contribution in [0.25, 0.3) is 5.69 Å². The molecule has 0 spiro atoms. The highest BCUT2D eigenvalue weighted by Gasteiger charge is 2.33. The third kappa shape index (κ3) is 4.34. The number of aromatic nitrogens is 2. The summed E-state index contributed by atoms with van der Waals surface area (Å²) in [5.74, 6) is 0.676. The summed E-state index contributed by atoms with van der Waals surface area (Å²) in [5, 5.41) is 7.89. The number of fused-ring (bicyclic) bond motifs is 1. The number of hydrogen-bond donors (Lipinski definition) is 1. The topological polar surface area (TPSA) is 90.3 Å². The molecule has 0 fully saturated rings. The number of anilines is 1. The molecule has 3 aromatic rings. The summed E-state index contributed by atoms with van der Waals surface area (Å²) < 4.78 is 30.8. The van der Waals surface area contributed by atoms with E-state index >= 15 is 0 Å². The minimum Gasteiger partial charge on any atom is -0.497 e. The van der Waals surface area contributed by atoms with Crippen LogP contribution in [0, 0.1) is 0 Å². The number of carbonyl (C=O) groups excluding carboxylic acids is 1. The summed E-state index contributed by atoms with van der Waals surface area (Å²) in [7, 11) is -1.65. The molecule has 0 saturated heterocycles. The van der Waals surface area contributed by atoms with Gasteiger partial charge in [0.15, 0.2) is 9.84 Å². The van der Waals surface area contributed by atoms with Gasteiger partial charge < -0.3 is 10.1 Å². The van der Waals surface area contributed by atoms with Crippen molar-refractivity contribution in [3.63, 3.8) is 0 Å². The number of amides is 1. The fraction of sp³-hybridized carbons (Fsp3) is 0.238. The van der Waals surface area contributed by atoms with Crippen molar-refractivity contribution in [3.05, 3.63) is 70.4 Å². The van der Waals surface area contributed by atoms with Crippen LogP contribution in [0.2, 0.25) is 5.02 Å². The van der Waals surface area contributed by atoms with Crippen LogP contribution in [0.15, 0.2) is 48.5 Å². The summed E-state index contributed by atoms with van der Waals surface area (Å²) in [5.41, 5.74) is 2.71. The predicted octanol–water partition coefficient (Wildman–Crippen LogP) is 3.53. The van der Waals surface area contributed by atoms with Crippen molar-refractivity contribution in [1.29, 1.82) is 0 Å². The van der Waals surface area contributed by atoms with E-state index in [1.165, 1.54) is 0 Å². The van der Waals surface area contributed by atoms with Crippen LogP contribution in [0.4, 0.5) is 5.82 Å². The molecule has 1 amide bonds. The van der Waals surface area contributed by atoms with Crippen molar-refractivity contribution in [3.8, 4) is 11.4 Å². The molecule has 0 radical (unpaired) electrons. The number of aryl methyl sites for hydroxylation is 1. The highest BCUT2D eigenvalue weighted by atomic mass is 35.5. The second-order valence-electron chi connectivity index (χ2n) is 7.09. The van der Waals surface area contributed by atoms with Crippen LogP contribution in [-0.2, 0) is 32.6 Å². The van der Waals surface area contributed by atoms with Crippen LogP contribution in [0.1, 0.15) is 23.2 Å². The van der Waals surface area contributed by atoms with Crippen molar-refractivity contribution in [2.75, 3.05) is 12.4 Å². The van der Waals surface area contributed by atoms with E-state index in [9.17, 15) is 13.2 Å². The zero-order valence-electron chi connectivity index (χ0n) is 16.3. The fourth-order valence-electron chi connectivity index (χ4n) is 3.38. The molecular formula is C21H20ClN3O4S. The largest absolute Gasteiger partial charge is 0.497 e. The van der Waals surface area contributed by atoms with Gasteiger partial charge in [0, 0.05) is 17.0 Å². The molecule has 156 valence electrons. The molecule has 0 bridgehead atoms. The average molecular weight is 446 g/mol. The number of carbonyl (C=O) groups is 1. The first-order valence-electron chi connectivity index (χ1n) is 9.34. The quantitative estimate of drug-likeness (QED) is 0.626. The third-order valence-corrected chi connectivity index (χ3v) is 6.61. The van der Waals surface area contributed by atoms with Crippen LogP contribution in [-0.4, -0.2) is 31.2 Å². The van der Waals surface area contributed by atoms with Gasteiger partial charge in [-0.25, -0.2) is 13.1 Å². The number of methoxy groups -OCH3 is 1. The lowest BCUT2D eigenvalue weighted by Gasteiger charge is -2.11. The van der Waals surface area contributed by atoms with Gasteiger partial charge in [-0.3, -0.25) is 4.79 Å². The minimum absolute atomic E-state index is 0.127. The summed E-state index contributed by atoms with van der Waals surface area (Å²) in [4.78, 5) is 12.7. The van der Waals surface area contributed by atoms with E-state index in [4.69, 9.17) is 16.3 Å². The minimum atomic E-state index is -3.25. The van der Waals surface area contributed by atoms with E-state index in [0.29, 0.717) is 34.2 Å². The van der Waals surface area contributed by atoms with E-state index in [1.54, 1.807) is 36.1 Å². The summed E-state index contributed by atoms with van der Waals surface area (Å²) in [6.45, 7) is 0. The van der Waals surface area contributed by atoms with Crippen LogP contribution in [0.3, 0.4) is 0 Å². The maximum Gasteiger partial charge on any atom is 0.225 e. The number of benzene rings is 2. The second kappa shape index (κ2) is 8.12. The van der Waals surface area contributed by atoms with Gasteiger partial charge in [0.05, 0.1) is 30.0 Å². The lowest BCUT2D eigenvalue weighted by Crippen LogP contribution is -2.17. The molecule has 4 rings (SSSR count). The molecule has 0 aliphatic carbocycles. The molecule has 9 heteroatoms. The Morgan fingerprint density at radius 2 is 1.83 bits per heavy atom. The van der Waals surface area contributed by atoms with E-state index < -0.39 is 9.84 Å². The molecule has 2 heterocycles. The Morgan fingerprint density at radius 3 is 2.50 bits per heavy atom. The lowest BCUT2D eigenvalue weighted by molar-refractivity contribution is -0.116. The zero-order valence-corrected chi connectivity index (χ0v) is 17.8. The van der Waals surface area contributed by atoms with Crippen molar-refractivity contribution in [2.24, 2.45) is 0 Å². The van der Waals surface area contributed by atoms with Gasteiger partial charge in [-0.15, -0.1) is 0 Å². The molecule has 2 aromatic carbocycles. The smallest absolute Gasteiger partial charge is 0.225 e. The summed E-state index contributed by atoms with van der Waals surface area (Å²) in [6, 6.07) is 14.5. The Bertz CT molecular complexity index is 1190. The Hall–Kier alpha value is -2.84. The fourth-order valence-corrected chi connectivity index (χ4v) is 5.00. The zero-order chi connectivity index (χ0) is 21.3. The Labute approximate surface area is 179 Å². The Balaban J connectivity index is 1.56. The first-order valence-corrected chi connectivity index (χ1v) is 11.5. The van der Waals surface area contributed by atoms with E-state index in [-0.39, 0.29) is 23.8 Å². The van der Waals surface area contributed by atoms with Crippen molar-refractivity contribution >= 4 is 33.2 Å². The number of sulfone groups is 1. The van der Waals surface area contributed by atoms with Gasteiger partial charge >= 0.3 is 0 Å². The van der Waals surface area contributed by atoms with E-state index in [2.05, 4.69) is 10.4 Å². The first-order chi connectivity index (χ1) is 14.3. The van der Waals surface area contributed by atoms with Crippen LogP contribution < -0.4 is 10.1 Å². The standard InChI is InChI=1S/C21H20ClN3O4S/c1-29-17-9-2-14(3-10-17)4-11-20(26)23-21-18-12-30(27,28)13-19(18)24-25(21)16-7-5-15(22)6-8-16/h2-3,5-10H,4,11-13H2,1H3,(H,23,26). The van der Waals surface area contributed by atoms with Crippen LogP contribution >= 0.6 is 11.6 Å². The molecule has 1 aliphatic heterocycles. The Kier molecular flexibility index (Phi) is 5.53. The van der Waals surface area contributed by atoms with E-state index in [0.717, 1.165) is 11.3 Å². The molecule has 1 N–H and O–H groups in total. The molecule has 1 aromatic heterocycles. The van der Waals surface area contributed by atoms with Crippen LogP contribution in [0.5, 0.6) is 5.75 Å². The van der Waals surface area contributed by atoms with Crippen molar-refractivity contribution < 1.29 is 17.9 Å². The highest BCUT2D eigenvalue weighted by molar-refractivity contribution is 7.90. The normalized spacial score (nSPS) is 14.3. The number of ether oxygens (including phenoxy) is 1. The molecule has 1 aliphatic rings. The third-order valence-electron chi connectivity index (χ3n) is 4.92. The summed E-state index contributed by atoms with van der Waals surface area (Å²) in [6.07, 6.45) is 0.797. The van der Waals surface area contributed by atoms with Gasteiger partial charge in [-0.2, -0.15) is 5.10 Å².